The van der Waals surface area contributed by atoms with Crippen LogP contribution in [0, 0.1) is 17.2 Å². The van der Waals surface area contributed by atoms with Gasteiger partial charge in [-0.25, -0.2) is 4.39 Å². The van der Waals surface area contributed by atoms with Crippen LogP contribution in [0.25, 0.3) is 0 Å². The zero-order chi connectivity index (χ0) is 20.8. The first-order chi connectivity index (χ1) is 14.0. The Hall–Kier alpha value is -3.15. The summed E-state index contributed by atoms with van der Waals surface area (Å²) in [6, 6.07) is 8.79. The number of ether oxygens (including phenoxy) is 1. The average molecular weight is 402 g/mol. The van der Waals surface area contributed by atoms with E-state index in [1.165, 1.54) is 0 Å². The fourth-order valence-corrected chi connectivity index (χ4v) is 3.62. The van der Waals surface area contributed by atoms with Crippen molar-refractivity contribution < 1.29 is 23.5 Å². The Kier molecular flexibility index (Phi) is 6.65. The number of para-hydroxylation sites is 1. The second-order valence-corrected chi connectivity index (χ2v) is 7.20. The molecule has 1 aromatic rings. The number of benzene rings is 1. The zero-order valence-electron chi connectivity index (χ0n) is 15.8. The molecular formula is C20H23FN4O4. The van der Waals surface area contributed by atoms with Crippen LogP contribution in [0.2, 0.25) is 0 Å². The van der Waals surface area contributed by atoms with Gasteiger partial charge in [0, 0.05) is 18.9 Å². The second-order valence-electron chi connectivity index (χ2n) is 7.20. The third-order valence-electron chi connectivity index (χ3n) is 5.13. The molecular weight excluding hydrogens is 379 g/mol. The van der Waals surface area contributed by atoms with Crippen LogP contribution in [0.5, 0.6) is 5.75 Å². The molecule has 0 aromatic heterocycles. The van der Waals surface area contributed by atoms with Gasteiger partial charge in [-0.15, -0.1) is 0 Å². The van der Waals surface area contributed by atoms with Gasteiger partial charge in [0.05, 0.1) is 12.6 Å². The molecule has 0 saturated carbocycles. The molecule has 2 N–H and O–H groups in total. The number of carbonyl (C=O) groups is 3. The number of halogens is 1. The summed E-state index contributed by atoms with van der Waals surface area (Å²) in [7, 11) is 0. The number of nitrogens with one attached hydrogen (secondary N) is 2. The second kappa shape index (κ2) is 9.37. The van der Waals surface area contributed by atoms with Gasteiger partial charge in [-0.2, -0.15) is 5.26 Å². The van der Waals surface area contributed by atoms with Crippen molar-refractivity contribution in [3.63, 3.8) is 0 Å². The van der Waals surface area contributed by atoms with Gasteiger partial charge in [0.15, 0.2) is 6.61 Å². The molecule has 2 aliphatic rings. The van der Waals surface area contributed by atoms with Crippen LogP contribution >= 0.6 is 0 Å². The molecule has 1 unspecified atom stereocenters. The number of carbonyl (C=O) groups excluding carboxylic acids is 3. The van der Waals surface area contributed by atoms with Crippen LogP contribution in [0.1, 0.15) is 19.3 Å². The topological polar surface area (TPSA) is 112 Å². The van der Waals surface area contributed by atoms with Gasteiger partial charge >= 0.3 is 0 Å². The molecule has 0 spiro atoms. The van der Waals surface area contributed by atoms with E-state index >= 15 is 0 Å². The molecule has 154 valence electrons. The molecule has 0 radical (unpaired) electrons. The molecule has 1 aromatic carbocycles. The van der Waals surface area contributed by atoms with Crippen molar-refractivity contribution in [1.29, 1.82) is 5.26 Å². The highest BCUT2D eigenvalue weighted by Gasteiger charge is 2.40. The van der Waals surface area contributed by atoms with Gasteiger partial charge in [0.1, 0.15) is 24.0 Å². The van der Waals surface area contributed by atoms with Crippen molar-refractivity contribution in [2.45, 2.75) is 37.5 Å². The van der Waals surface area contributed by atoms with E-state index in [9.17, 15) is 24.0 Å². The number of hydrogen-bond acceptors (Lipinski definition) is 5. The Balaban J connectivity index is 1.57. The molecule has 3 rings (SSSR count). The first kappa shape index (κ1) is 20.6. The van der Waals surface area contributed by atoms with Crippen molar-refractivity contribution >= 4 is 17.7 Å². The standard InChI is InChI=1S/C20H23FN4O4/c21-14-9-17(20(28)24-15(10-22)8-13-6-7-23-19(13)27)25(11-14)18(26)12-29-16-4-2-1-3-5-16/h1-5,13-15,17H,6-9,11-12H2,(H,23,27)(H,24,28)/t13-,14-,15?,17-/m0/s1. The Labute approximate surface area is 168 Å². The van der Waals surface area contributed by atoms with Gasteiger partial charge in [-0.1, -0.05) is 18.2 Å². The summed E-state index contributed by atoms with van der Waals surface area (Å²) in [5.41, 5.74) is 0. The number of rotatable bonds is 7. The maximum atomic E-state index is 14.0. The summed E-state index contributed by atoms with van der Waals surface area (Å²) in [5, 5.41) is 14.6. The first-order valence-corrected chi connectivity index (χ1v) is 9.57. The smallest absolute Gasteiger partial charge is 0.261 e. The largest absolute Gasteiger partial charge is 0.484 e. The van der Waals surface area contributed by atoms with E-state index in [1.807, 2.05) is 12.1 Å². The predicted octanol–water partition coefficient (Wildman–Crippen LogP) is 0.539. The SMILES string of the molecule is N#CC(C[C@@H]1CCNC1=O)NC(=O)[C@@H]1C[C@H](F)CN1C(=O)COc1ccccc1. The van der Waals surface area contributed by atoms with E-state index in [4.69, 9.17) is 4.74 Å². The Morgan fingerprint density at radius 2 is 2.14 bits per heavy atom. The molecule has 2 aliphatic heterocycles. The average Bonchev–Trinajstić information content (AvgIpc) is 3.31. The Morgan fingerprint density at radius 1 is 1.38 bits per heavy atom. The van der Waals surface area contributed by atoms with Crippen LogP contribution in [-0.2, 0) is 14.4 Å². The van der Waals surface area contributed by atoms with Crippen molar-refractivity contribution in [2.24, 2.45) is 5.92 Å². The third kappa shape index (κ3) is 5.22. The maximum Gasteiger partial charge on any atom is 0.261 e. The van der Waals surface area contributed by atoms with Crippen LogP contribution in [0.15, 0.2) is 30.3 Å². The highest BCUT2D eigenvalue weighted by atomic mass is 19.1. The predicted molar refractivity (Wildman–Crippen MR) is 100 cm³/mol. The summed E-state index contributed by atoms with van der Waals surface area (Å²) in [4.78, 5) is 38.0. The lowest BCUT2D eigenvalue weighted by atomic mass is 9.99. The third-order valence-corrected chi connectivity index (χ3v) is 5.13. The molecule has 8 nitrogen and oxygen atoms in total. The molecule has 29 heavy (non-hydrogen) atoms. The number of hydrogen-bond donors (Lipinski definition) is 2. The van der Waals surface area contributed by atoms with Gasteiger partial charge in [0.25, 0.3) is 5.91 Å². The van der Waals surface area contributed by atoms with Crippen molar-refractivity contribution in [1.82, 2.24) is 15.5 Å². The first-order valence-electron chi connectivity index (χ1n) is 9.57. The number of amides is 3. The highest BCUT2D eigenvalue weighted by molar-refractivity contribution is 5.89. The van der Waals surface area contributed by atoms with E-state index in [-0.39, 0.29) is 37.8 Å². The molecule has 0 aliphatic carbocycles. The summed E-state index contributed by atoms with van der Waals surface area (Å²) in [6.07, 6.45) is -0.673. The fourth-order valence-electron chi connectivity index (χ4n) is 3.62. The van der Waals surface area contributed by atoms with Gasteiger partial charge in [-0.05, 0) is 25.0 Å². The lowest BCUT2D eigenvalue weighted by Crippen LogP contribution is -2.50. The van der Waals surface area contributed by atoms with Crippen molar-refractivity contribution in [3.05, 3.63) is 30.3 Å². The minimum Gasteiger partial charge on any atom is -0.484 e. The van der Waals surface area contributed by atoms with Gasteiger partial charge < -0.3 is 20.3 Å². The highest BCUT2D eigenvalue weighted by Crippen LogP contribution is 2.22. The van der Waals surface area contributed by atoms with Crippen LogP contribution < -0.4 is 15.4 Å². The molecule has 9 heteroatoms. The minimum absolute atomic E-state index is 0.134. The van der Waals surface area contributed by atoms with E-state index in [1.54, 1.807) is 24.3 Å². The normalized spacial score (nSPS) is 24.5. The Bertz CT molecular complexity index is 797. The molecule has 2 fully saturated rings. The van der Waals surface area contributed by atoms with Crippen LogP contribution in [0.3, 0.4) is 0 Å². The lowest BCUT2D eigenvalue weighted by molar-refractivity contribution is -0.140. The number of nitriles is 1. The Morgan fingerprint density at radius 3 is 2.79 bits per heavy atom. The molecule has 3 amide bonds. The minimum atomic E-state index is -1.33. The van der Waals surface area contributed by atoms with E-state index in [0.29, 0.717) is 18.7 Å². The molecule has 0 bridgehead atoms. The quantitative estimate of drug-likeness (QED) is 0.691. The summed E-state index contributed by atoms with van der Waals surface area (Å²) in [5.74, 6) is -1.08. The number of alkyl halides is 1. The summed E-state index contributed by atoms with van der Waals surface area (Å²) < 4.78 is 19.4. The van der Waals surface area contributed by atoms with Crippen LogP contribution in [-0.4, -0.2) is 60.6 Å². The van der Waals surface area contributed by atoms with Crippen molar-refractivity contribution in [3.8, 4) is 11.8 Å². The zero-order valence-corrected chi connectivity index (χ0v) is 15.8. The van der Waals surface area contributed by atoms with Crippen LogP contribution in [0.4, 0.5) is 4.39 Å². The summed E-state index contributed by atoms with van der Waals surface area (Å²) in [6.45, 7) is 0.0349. The molecule has 2 saturated heterocycles. The molecule has 4 atom stereocenters. The van der Waals surface area contributed by atoms with Gasteiger partial charge in [-0.3, -0.25) is 14.4 Å². The van der Waals surface area contributed by atoms with E-state index < -0.39 is 30.1 Å². The lowest BCUT2D eigenvalue weighted by Gasteiger charge is -2.25. The number of nitrogens with zero attached hydrogens (tertiary/aromatic N) is 2. The molecule has 2 heterocycles. The van der Waals surface area contributed by atoms with E-state index in [0.717, 1.165) is 4.90 Å². The summed E-state index contributed by atoms with van der Waals surface area (Å²) >= 11 is 0. The fraction of sp³-hybridized carbons (Fsp3) is 0.500. The van der Waals surface area contributed by atoms with E-state index in [2.05, 4.69) is 10.6 Å². The maximum absolute atomic E-state index is 14.0. The monoisotopic (exact) mass is 402 g/mol. The van der Waals surface area contributed by atoms with Gasteiger partial charge in [0.2, 0.25) is 11.8 Å². The number of likely N-dealkylation sites (tertiary alicyclic amines) is 1. The van der Waals surface area contributed by atoms with Crippen molar-refractivity contribution in [2.75, 3.05) is 19.7 Å².